The highest BCUT2D eigenvalue weighted by Gasteiger charge is 2.35. The second kappa shape index (κ2) is 7.85. The molecule has 3 rings (SSSR count). The molecule has 0 spiro atoms. The zero-order valence-corrected chi connectivity index (χ0v) is 15.5. The summed E-state index contributed by atoms with van der Waals surface area (Å²) in [6, 6.07) is 9.96. The second-order valence-electron chi connectivity index (χ2n) is 7.57. The highest BCUT2D eigenvalue weighted by Crippen LogP contribution is 2.27. The summed E-state index contributed by atoms with van der Waals surface area (Å²) >= 11 is 0. The lowest BCUT2D eigenvalue weighted by Crippen LogP contribution is -2.51. The Labute approximate surface area is 151 Å². The van der Waals surface area contributed by atoms with Crippen molar-refractivity contribution in [2.24, 2.45) is 0 Å². The third kappa shape index (κ3) is 4.40. The van der Waals surface area contributed by atoms with Crippen molar-refractivity contribution in [3.8, 4) is 0 Å². The minimum atomic E-state index is -1.11. The molecule has 25 heavy (non-hydrogen) atoms. The summed E-state index contributed by atoms with van der Waals surface area (Å²) in [6.45, 7) is 11.1. The van der Waals surface area contributed by atoms with Crippen molar-refractivity contribution < 1.29 is 9.90 Å². The van der Waals surface area contributed by atoms with E-state index in [1.54, 1.807) is 6.92 Å². The first kappa shape index (κ1) is 18.4. The lowest BCUT2D eigenvalue weighted by atomic mass is 9.92. The van der Waals surface area contributed by atoms with Crippen LogP contribution in [-0.2, 0) is 10.4 Å². The van der Waals surface area contributed by atoms with Crippen molar-refractivity contribution in [2.75, 3.05) is 45.8 Å². The number of amides is 1. The van der Waals surface area contributed by atoms with Crippen molar-refractivity contribution in [3.05, 3.63) is 35.9 Å². The van der Waals surface area contributed by atoms with Gasteiger partial charge in [-0.15, -0.1) is 0 Å². The fourth-order valence-corrected chi connectivity index (χ4v) is 4.02. The molecule has 0 radical (unpaired) electrons. The largest absolute Gasteiger partial charge is 0.385 e. The number of benzene rings is 1. The predicted molar refractivity (Wildman–Crippen MR) is 99.3 cm³/mol. The van der Waals surface area contributed by atoms with Gasteiger partial charge in [0.15, 0.2) is 0 Å². The number of likely N-dealkylation sites (tertiary alicyclic amines) is 1. The van der Waals surface area contributed by atoms with E-state index in [-0.39, 0.29) is 12.3 Å². The molecule has 138 valence electrons. The molecule has 5 nitrogen and oxygen atoms in total. The Morgan fingerprint density at radius 3 is 2.48 bits per heavy atom. The molecule has 0 saturated carbocycles. The van der Waals surface area contributed by atoms with Gasteiger partial charge in [-0.25, -0.2) is 0 Å². The van der Waals surface area contributed by atoms with Crippen LogP contribution in [-0.4, -0.2) is 77.6 Å². The van der Waals surface area contributed by atoms with Crippen molar-refractivity contribution in [1.82, 2.24) is 14.7 Å². The number of carbonyl (C=O) groups excluding carboxylic acids is 1. The van der Waals surface area contributed by atoms with Gasteiger partial charge in [-0.2, -0.15) is 0 Å². The summed E-state index contributed by atoms with van der Waals surface area (Å²) in [4.78, 5) is 19.7. The van der Waals surface area contributed by atoms with Crippen LogP contribution in [0, 0.1) is 0 Å². The molecular formula is C20H31N3O2. The highest BCUT2D eigenvalue weighted by atomic mass is 16.3. The molecular weight excluding hydrogens is 314 g/mol. The van der Waals surface area contributed by atoms with E-state index in [4.69, 9.17) is 0 Å². The third-order valence-corrected chi connectivity index (χ3v) is 5.78. The maximum absolute atomic E-state index is 12.7. The van der Waals surface area contributed by atoms with Gasteiger partial charge < -0.3 is 14.9 Å². The number of piperazine rings is 1. The minimum absolute atomic E-state index is 0.0588. The van der Waals surface area contributed by atoms with Crippen LogP contribution >= 0.6 is 0 Å². The van der Waals surface area contributed by atoms with Gasteiger partial charge in [0.1, 0.15) is 0 Å². The number of aliphatic hydroxyl groups is 1. The van der Waals surface area contributed by atoms with Crippen LogP contribution < -0.4 is 0 Å². The monoisotopic (exact) mass is 345 g/mol. The molecule has 1 aromatic carbocycles. The summed E-state index contributed by atoms with van der Waals surface area (Å²) in [5, 5.41) is 10.7. The lowest BCUT2D eigenvalue weighted by molar-refractivity contribution is -0.135. The van der Waals surface area contributed by atoms with Gasteiger partial charge in [-0.3, -0.25) is 9.69 Å². The Balaban J connectivity index is 1.53. The smallest absolute Gasteiger partial charge is 0.225 e. The Morgan fingerprint density at radius 2 is 1.84 bits per heavy atom. The van der Waals surface area contributed by atoms with Gasteiger partial charge in [0.2, 0.25) is 5.91 Å². The van der Waals surface area contributed by atoms with Crippen molar-refractivity contribution in [3.63, 3.8) is 0 Å². The van der Waals surface area contributed by atoms with Gasteiger partial charge in [0, 0.05) is 45.3 Å². The van der Waals surface area contributed by atoms with Crippen LogP contribution in [0.4, 0.5) is 0 Å². The maximum atomic E-state index is 12.7. The minimum Gasteiger partial charge on any atom is -0.385 e. The Bertz CT molecular complexity index is 568. The van der Waals surface area contributed by atoms with E-state index in [2.05, 4.69) is 16.7 Å². The van der Waals surface area contributed by atoms with Gasteiger partial charge >= 0.3 is 0 Å². The Hall–Kier alpha value is -1.43. The van der Waals surface area contributed by atoms with E-state index in [0.717, 1.165) is 57.8 Å². The van der Waals surface area contributed by atoms with Crippen molar-refractivity contribution in [2.45, 2.75) is 38.3 Å². The van der Waals surface area contributed by atoms with Crippen molar-refractivity contribution >= 4 is 5.91 Å². The fourth-order valence-electron chi connectivity index (χ4n) is 4.02. The number of nitrogens with zero attached hydrogens (tertiary/aromatic N) is 3. The number of likely N-dealkylation sites (N-methyl/N-ethyl adjacent to an activating group) is 1. The van der Waals surface area contributed by atoms with E-state index in [9.17, 15) is 9.90 Å². The molecule has 2 aliphatic heterocycles. The first-order chi connectivity index (χ1) is 12.0. The molecule has 2 fully saturated rings. The number of carbonyl (C=O) groups is 1. The molecule has 2 atom stereocenters. The molecule has 1 aromatic rings. The topological polar surface area (TPSA) is 47.0 Å². The Morgan fingerprint density at radius 1 is 1.16 bits per heavy atom. The average Bonchev–Trinajstić information content (AvgIpc) is 3.12. The summed E-state index contributed by atoms with van der Waals surface area (Å²) in [7, 11) is 0. The first-order valence-corrected chi connectivity index (χ1v) is 9.51. The van der Waals surface area contributed by atoms with Gasteiger partial charge in [0.05, 0.1) is 12.0 Å². The van der Waals surface area contributed by atoms with Gasteiger partial charge in [-0.05, 0) is 25.5 Å². The van der Waals surface area contributed by atoms with Crippen LogP contribution in [0.2, 0.25) is 0 Å². The van der Waals surface area contributed by atoms with Crippen LogP contribution in [0.25, 0.3) is 0 Å². The van der Waals surface area contributed by atoms with Crippen LogP contribution in [0.15, 0.2) is 30.3 Å². The molecule has 2 unspecified atom stereocenters. The summed E-state index contributed by atoms with van der Waals surface area (Å²) in [5.41, 5.74) is -0.307. The van der Waals surface area contributed by atoms with E-state index < -0.39 is 5.60 Å². The lowest BCUT2D eigenvalue weighted by Gasteiger charge is -2.37. The summed E-state index contributed by atoms with van der Waals surface area (Å²) in [6.07, 6.45) is 1.19. The fraction of sp³-hybridized carbons (Fsp3) is 0.650. The molecule has 2 heterocycles. The maximum Gasteiger partial charge on any atom is 0.225 e. The first-order valence-electron chi connectivity index (χ1n) is 9.51. The zero-order valence-electron chi connectivity index (χ0n) is 15.5. The number of rotatable bonds is 5. The highest BCUT2D eigenvalue weighted by molar-refractivity contribution is 5.77. The average molecular weight is 345 g/mol. The molecule has 5 heteroatoms. The molecule has 2 saturated heterocycles. The van der Waals surface area contributed by atoms with Crippen LogP contribution in [0.1, 0.15) is 32.3 Å². The van der Waals surface area contributed by atoms with E-state index in [1.165, 1.54) is 0 Å². The van der Waals surface area contributed by atoms with E-state index in [0.29, 0.717) is 6.04 Å². The standard InChI is InChI=1S/C20H31N3O2/c1-3-21-11-13-22(14-12-21)18-9-10-23(16-18)19(24)15-20(2,25)17-7-5-4-6-8-17/h4-8,18,25H,3,9-16H2,1-2H3. The normalized spacial score (nSPS) is 25.1. The van der Waals surface area contributed by atoms with Crippen LogP contribution in [0.5, 0.6) is 0 Å². The Kier molecular flexibility index (Phi) is 5.77. The molecule has 0 bridgehead atoms. The van der Waals surface area contributed by atoms with E-state index in [1.807, 2.05) is 35.2 Å². The molecule has 0 aromatic heterocycles. The van der Waals surface area contributed by atoms with E-state index >= 15 is 0 Å². The molecule has 2 aliphatic rings. The molecule has 1 N–H and O–H groups in total. The second-order valence-corrected chi connectivity index (χ2v) is 7.57. The quantitative estimate of drug-likeness (QED) is 0.879. The zero-order chi connectivity index (χ0) is 17.9. The number of hydrogen-bond acceptors (Lipinski definition) is 4. The number of hydrogen-bond donors (Lipinski definition) is 1. The van der Waals surface area contributed by atoms with Gasteiger partial charge in [-0.1, -0.05) is 37.3 Å². The molecule has 1 amide bonds. The predicted octanol–water partition coefficient (Wildman–Crippen LogP) is 1.52. The third-order valence-electron chi connectivity index (χ3n) is 5.78. The summed E-state index contributed by atoms with van der Waals surface area (Å²) < 4.78 is 0. The van der Waals surface area contributed by atoms with Crippen molar-refractivity contribution in [1.29, 1.82) is 0 Å². The molecule has 0 aliphatic carbocycles. The van der Waals surface area contributed by atoms with Gasteiger partial charge in [0.25, 0.3) is 0 Å². The SMILES string of the molecule is CCN1CCN(C2CCN(C(=O)CC(C)(O)c3ccccc3)C2)CC1. The summed E-state index contributed by atoms with van der Waals surface area (Å²) in [5.74, 6) is 0.0588. The van der Waals surface area contributed by atoms with Crippen LogP contribution in [0.3, 0.4) is 0 Å².